The molecule has 32 heavy (non-hydrogen) atoms. The van der Waals surface area contributed by atoms with Crippen LogP contribution in [0.1, 0.15) is 97.3 Å². The lowest BCUT2D eigenvalue weighted by Crippen LogP contribution is -2.29. The average Bonchev–Trinajstić information content (AvgIpc) is 3.47. The van der Waals surface area contributed by atoms with Crippen molar-refractivity contribution in [3.8, 4) is 5.95 Å². The summed E-state index contributed by atoms with van der Waals surface area (Å²) in [4.78, 5) is 34.3. The number of nitrogens with two attached hydrogens (primary N) is 1. The fourth-order valence-electron chi connectivity index (χ4n) is 5.14. The van der Waals surface area contributed by atoms with Gasteiger partial charge < -0.3 is 11.1 Å². The van der Waals surface area contributed by atoms with Crippen LogP contribution in [0.2, 0.25) is 0 Å². The van der Waals surface area contributed by atoms with Crippen molar-refractivity contribution in [1.29, 1.82) is 0 Å². The smallest absolute Gasteiger partial charge is 0.254 e. The first-order chi connectivity index (χ1) is 15.3. The molecule has 0 unspecified atom stereocenters. The van der Waals surface area contributed by atoms with Crippen molar-refractivity contribution in [3.05, 3.63) is 28.7 Å². The third kappa shape index (κ3) is 4.14. The van der Waals surface area contributed by atoms with Crippen molar-refractivity contribution in [2.75, 3.05) is 5.32 Å². The number of fused-ring (bicyclic) bond motifs is 1. The largest absolute Gasteiger partial charge is 0.367 e. The number of hydrogen-bond donors (Lipinski definition) is 2. The van der Waals surface area contributed by atoms with Crippen molar-refractivity contribution in [1.82, 2.24) is 19.7 Å². The van der Waals surface area contributed by atoms with Crippen molar-refractivity contribution in [2.45, 2.75) is 84.1 Å². The molecule has 0 aromatic carbocycles. The lowest BCUT2D eigenvalue weighted by atomic mass is 9.75. The number of amides is 1. The molecule has 2 heterocycles. The van der Waals surface area contributed by atoms with Gasteiger partial charge in [0.25, 0.3) is 11.9 Å². The van der Waals surface area contributed by atoms with Gasteiger partial charge in [-0.05, 0) is 49.9 Å². The molecule has 8 nitrogen and oxygen atoms in total. The van der Waals surface area contributed by atoms with E-state index in [1.54, 1.807) is 4.68 Å². The number of primary amides is 1. The number of anilines is 1. The van der Waals surface area contributed by atoms with Gasteiger partial charge in [-0.1, -0.05) is 33.1 Å². The SMILES string of the molecule is CC1(C)CC(=O)c2c(CC3CC3)nn(-c3ncc(C(N)=O)c(NC4CCCCC4)n3)c2C1. The third-order valence-electron chi connectivity index (χ3n) is 6.97. The topological polar surface area (TPSA) is 116 Å². The Bertz CT molecular complexity index is 1060. The number of ketones is 1. The van der Waals surface area contributed by atoms with Gasteiger partial charge in [0.05, 0.1) is 22.5 Å². The highest BCUT2D eigenvalue weighted by atomic mass is 16.1. The van der Waals surface area contributed by atoms with Gasteiger partial charge in [0.15, 0.2) is 5.78 Å². The molecule has 170 valence electrons. The normalized spacial score (nSPS) is 20.8. The number of Topliss-reactive ketones (excluding diaryl/α,β-unsaturated/α-hetero) is 1. The van der Waals surface area contributed by atoms with E-state index in [-0.39, 0.29) is 22.8 Å². The number of rotatable bonds is 6. The van der Waals surface area contributed by atoms with Crippen LogP contribution in [0.4, 0.5) is 5.82 Å². The monoisotopic (exact) mass is 436 g/mol. The molecule has 2 aromatic heterocycles. The lowest BCUT2D eigenvalue weighted by Gasteiger charge is -2.29. The maximum absolute atomic E-state index is 13.1. The number of nitrogens with one attached hydrogen (secondary N) is 1. The molecule has 0 radical (unpaired) electrons. The number of nitrogens with zero attached hydrogens (tertiary/aromatic N) is 4. The van der Waals surface area contributed by atoms with Gasteiger partial charge in [0, 0.05) is 18.7 Å². The lowest BCUT2D eigenvalue weighted by molar-refractivity contribution is 0.0909. The van der Waals surface area contributed by atoms with Crippen molar-refractivity contribution in [3.63, 3.8) is 0 Å². The highest BCUT2D eigenvalue weighted by Crippen LogP contribution is 2.40. The van der Waals surface area contributed by atoms with Crippen molar-refractivity contribution in [2.24, 2.45) is 17.1 Å². The summed E-state index contributed by atoms with van der Waals surface area (Å²) >= 11 is 0. The van der Waals surface area contributed by atoms with Crippen LogP contribution in [-0.4, -0.2) is 37.5 Å². The fourth-order valence-corrected chi connectivity index (χ4v) is 5.14. The Hall–Kier alpha value is -2.77. The second kappa shape index (κ2) is 7.98. The van der Waals surface area contributed by atoms with Gasteiger partial charge in [0.1, 0.15) is 5.82 Å². The summed E-state index contributed by atoms with van der Waals surface area (Å²) in [5, 5.41) is 8.28. The zero-order valence-corrected chi connectivity index (χ0v) is 19.0. The van der Waals surface area contributed by atoms with Crippen LogP contribution >= 0.6 is 0 Å². The van der Waals surface area contributed by atoms with Gasteiger partial charge in [-0.3, -0.25) is 9.59 Å². The second-order valence-corrected chi connectivity index (χ2v) is 10.5. The van der Waals surface area contributed by atoms with Crippen LogP contribution < -0.4 is 11.1 Å². The number of carbonyl (C=O) groups excluding carboxylic acids is 2. The van der Waals surface area contributed by atoms with E-state index in [1.165, 1.54) is 25.5 Å². The molecule has 0 saturated heterocycles. The number of carbonyl (C=O) groups is 2. The number of aromatic nitrogens is 4. The Labute approximate surface area is 188 Å². The van der Waals surface area contributed by atoms with E-state index in [2.05, 4.69) is 24.1 Å². The van der Waals surface area contributed by atoms with Crippen molar-refractivity contribution >= 4 is 17.5 Å². The highest BCUT2D eigenvalue weighted by molar-refractivity contribution is 6.00. The molecule has 2 saturated carbocycles. The maximum Gasteiger partial charge on any atom is 0.254 e. The minimum atomic E-state index is -0.553. The predicted molar refractivity (Wildman–Crippen MR) is 121 cm³/mol. The van der Waals surface area contributed by atoms with E-state index in [0.717, 1.165) is 55.5 Å². The maximum atomic E-state index is 13.1. The quantitative estimate of drug-likeness (QED) is 0.715. The summed E-state index contributed by atoms with van der Waals surface area (Å²) in [7, 11) is 0. The van der Waals surface area contributed by atoms with E-state index in [4.69, 9.17) is 15.8 Å². The first kappa shape index (κ1) is 21.1. The molecule has 8 heteroatoms. The van der Waals surface area contributed by atoms with Crippen LogP contribution in [0.25, 0.3) is 5.95 Å². The van der Waals surface area contributed by atoms with E-state index in [0.29, 0.717) is 24.1 Å². The van der Waals surface area contributed by atoms with Gasteiger partial charge in [-0.2, -0.15) is 10.1 Å². The summed E-state index contributed by atoms with van der Waals surface area (Å²) in [5.74, 6) is 1.07. The summed E-state index contributed by atoms with van der Waals surface area (Å²) in [5.41, 5.74) is 8.27. The molecule has 3 aliphatic carbocycles. The molecular formula is C24H32N6O2. The molecular weight excluding hydrogens is 404 g/mol. The van der Waals surface area contributed by atoms with Gasteiger partial charge >= 0.3 is 0 Å². The fraction of sp³-hybridized carbons (Fsp3) is 0.625. The van der Waals surface area contributed by atoms with E-state index in [1.807, 2.05) is 0 Å². The minimum Gasteiger partial charge on any atom is -0.367 e. The standard InChI is InChI=1S/C24H32N6O2/c1-24(2)11-18-20(19(31)12-24)17(10-14-8-9-14)29-30(18)23-26-13-16(21(25)32)22(28-23)27-15-6-4-3-5-7-15/h13-15H,3-12H2,1-2H3,(H2,25,32)(H,26,27,28). The average molecular weight is 437 g/mol. The molecule has 3 aliphatic rings. The Kier molecular flexibility index (Phi) is 5.26. The molecule has 0 aliphatic heterocycles. The second-order valence-electron chi connectivity index (χ2n) is 10.5. The summed E-state index contributed by atoms with van der Waals surface area (Å²) in [6.07, 6.45) is 11.6. The predicted octanol–water partition coefficient (Wildman–Crippen LogP) is 3.61. The Balaban J connectivity index is 1.57. The minimum absolute atomic E-state index is 0.144. The molecule has 5 rings (SSSR count). The van der Waals surface area contributed by atoms with Gasteiger partial charge in [-0.25, -0.2) is 9.67 Å². The first-order valence-corrected chi connectivity index (χ1v) is 11.9. The van der Waals surface area contributed by atoms with Gasteiger partial charge in [-0.15, -0.1) is 0 Å². The van der Waals surface area contributed by atoms with Crippen LogP contribution in [-0.2, 0) is 12.8 Å². The summed E-state index contributed by atoms with van der Waals surface area (Å²) < 4.78 is 1.74. The van der Waals surface area contributed by atoms with E-state index >= 15 is 0 Å². The van der Waals surface area contributed by atoms with E-state index < -0.39 is 5.91 Å². The van der Waals surface area contributed by atoms with Crippen LogP contribution in [0.15, 0.2) is 6.20 Å². The molecule has 0 spiro atoms. The van der Waals surface area contributed by atoms with E-state index in [9.17, 15) is 9.59 Å². The summed E-state index contributed by atoms with van der Waals surface area (Å²) in [6, 6.07) is 0.266. The molecule has 1 amide bonds. The Morgan fingerprint density at radius 3 is 2.62 bits per heavy atom. The Morgan fingerprint density at radius 2 is 1.94 bits per heavy atom. The van der Waals surface area contributed by atoms with Crippen LogP contribution in [0, 0.1) is 11.3 Å². The molecule has 2 fully saturated rings. The zero-order valence-electron chi connectivity index (χ0n) is 19.0. The van der Waals surface area contributed by atoms with Crippen molar-refractivity contribution < 1.29 is 9.59 Å². The van der Waals surface area contributed by atoms with Crippen LogP contribution in [0.3, 0.4) is 0 Å². The molecule has 0 bridgehead atoms. The van der Waals surface area contributed by atoms with Gasteiger partial charge in [0.2, 0.25) is 0 Å². The Morgan fingerprint density at radius 1 is 1.19 bits per heavy atom. The number of hydrogen-bond acceptors (Lipinski definition) is 6. The highest BCUT2D eigenvalue weighted by Gasteiger charge is 2.38. The molecule has 3 N–H and O–H groups in total. The molecule has 0 atom stereocenters. The molecule has 2 aromatic rings. The van der Waals surface area contributed by atoms with Crippen LogP contribution in [0.5, 0.6) is 0 Å². The zero-order chi connectivity index (χ0) is 22.5. The third-order valence-corrected chi connectivity index (χ3v) is 6.97. The summed E-state index contributed by atoms with van der Waals surface area (Å²) in [6.45, 7) is 4.22. The first-order valence-electron chi connectivity index (χ1n) is 11.9.